The number of hydrogen-bond donors (Lipinski definition) is 1. The molecule has 2 nitrogen and oxygen atoms in total. The zero-order valence-corrected chi connectivity index (χ0v) is 10.6. The minimum Gasteiger partial charge on any atom is -0.317 e. The Hall–Kier alpha value is -0.520. The molecule has 0 saturated heterocycles. The van der Waals surface area contributed by atoms with Gasteiger partial charge in [0, 0.05) is 6.04 Å². The molecule has 0 saturated carbocycles. The minimum absolute atomic E-state index is 0.588. The Bertz CT molecular complexity index is 172. The van der Waals surface area contributed by atoms with Crippen LogP contribution in [0.2, 0.25) is 0 Å². The zero-order valence-electron chi connectivity index (χ0n) is 10.6. The average Bonchev–Trinajstić information content (AvgIpc) is 2.24. The first-order chi connectivity index (χ1) is 7.26. The normalized spacial score (nSPS) is 12.7. The molecule has 0 heterocycles. The largest absolute Gasteiger partial charge is 0.317 e. The van der Waals surface area contributed by atoms with Crippen LogP contribution in [-0.2, 0) is 0 Å². The molecule has 0 rings (SSSR count). The number of nitrogens with zero attached hydrogens (tertiary/aromatic N) is 1. The summed E-state index contributed by atoms with van der Waals surface area (Å²) in [5.74, 6) is 2.74. The Morgan fingerprint density at radius 3 is 2.53 bits per heavy atom. The maximum absolute atomic E-state index is 5.37. The van der Waals surface area contributed by atoms with Crippen molar-refractivity contribution in [2.24, 2.45) is 0 Å². The molecule has 0 aliphatic carbocycles. The lowest BCUT2D eigenvalue weighted by atomic mass is 10.2. The fourth-order valence-corrected chi connectivity index (χ4v) is 1.66. The van der Waals surface area contributed by atoms with E-state index >= 15 is 0 Å². The molecule has 0 aromatic rings. The van der Waals surface area contributed by atoms with E-state index in [0.29, 0.717) is 6.04 Å². The molecular formula is C13H26N2. The van der Waals surface area contributed by atoms with Gasteiger partial charge in [-0.3, -0.25) is 4.90 Å². The quantitative estimate of drug-likeness (QED) is 0.463. The summed E-state index contributed by atoms with van der Waals surface area (Å²) in [6.07, 6.45) is 8.93. The van der Waals surface area contributed by atoms with Crippen molar-refractivity contribution in [3.05, 3.63) is 0 Å². The van der Waals surface area contributed by atoms with Gasteiger partial charge in [-0.2, -0.15) is 0 Å². The highest BCUT2D eigenvalue weighted by Gasteiger charge is 2.10. The highest BCUT2D eigenvalue weighted by atomic mass is 15.1. The molecule has 0 amide bonds. The van der Waals surface area contributed by atoms with Gasteiger partial charge in [-0.25, -0.2) is 0 Å². The lowest BCUT2D eigenvalue weighted by molar-refractivity contribution is 0.224. The van der Waals surface area contributed by atoms with Crippen LogP contribution in [0.4, 0.5) is 0 Å². The molecule has 0 aromatic carbocycles. The molecule has 1 unspecified atom stereocenters. The zero-order chi connectivity index (χ0) is 11.5. The molecule has 0 aromatic heterocycles. The molecule has 88 valence electrons. The summed E-state index contributed by atoms with van der Waals surface area (Å²) in [7, 11) is 0. The third-order valence-corrected chi connectivity index (χ3v) is 2.59. The van der Waals surface area contributed by atoms with Crippen molar-refractivity contribution in [2.45, 2.75) is 46.1 Å². The highest BCUT2D eigenvalue weighted by molar-refractivity contribution is 4.89. The minimum atomic E-state index is 0.588. The van der Waals surface area contributed by atoms with Gasteiger partial charge in [0.2, 0.25) is 0 Å². The van der Waals surface area contributed by atoms with Crippen LogP contribution < -0.4 is 5.32 Å². The first kappa shape index (κ1) is 14.5. The summed E-state index contributed by atoms with van der Waals surface area (Å²) in [4.78, 5) is 2.38. The molecular weight excluding hydrogens is 184 g/mol. The summed E-state index contributed by atoms with van der Waals surface area (Å²) in [6, 6.07) is 0.588. The van der Waals surface area contributed by atoms with E-state index in [1.54, 1.807) is 0 Å². The maximum atomic E-state index is 5.37. The Balaban J connectivity index is 3.71. The van der Waals surface area contributed by atoms with Crippen molar-refractivity contribution in [3.63, 3.8) is 0 Å². The predicted octanol–water partition coefficient (Wildman–Crippen LogP) is 2.11. The van der Waals surface area contributed by atoms with E-state index in [-0.39, 0.29) is 0 Å². The molecule has 0 bridgehead atoms. The van der Waals surface area contributed by atoms with Crippen molar-refractivity contribution < 1.29 is 0 Å². The van der Waals surface area contributed by atoms with Crippen LogP contribution in [0.3, 0.4) is 0 Å². The van der Waals surface area contributed by atoms with E-state index in [9.17, 15) is 0 Å². The summed E-state index contributed by atoms with van der Waals surface area (Å²) in [6.45, 7) is 10.8. The molecule has 0 aliphatic heterocycles. The topological polar surface area (TPSA) is 15.3 Å². The molecule has 0 fully saturated rings. The molecule has 0 aliphatic rings. The molecule has 1 N–H and O–H groups in total. The molecule has 0 radical (unpaired) electrons. The van der Waals surface area contributed by atoms with Crippen LogP contribution in [0.5, 0.6) is 0 Å². The van der Waals surface area contributed by atoms with Crippen molar-refractivity contribution >= 4 is 0 Å². The van der Waals surface area contributed by atoms with Crippen molar-refractivity contribution in [1.82, 2.24) is 10.2 Å². The summed E-state index contributed by atoms with van der Waals surface area (Å²) >= 11 is 0. The Labute approximate surface area is 95.4 Å². The highest BCUT2D eigenvalue weighted by Crippen LogP contribution is 2.03. The number of rotatable bonds is 9. The third kappa shape index (κ3) is 7.41. The van der Waals surface area contributed by atoms with Crippen molar-refractivity contribution in [3.8, 4) is 12.3 Å². The van der Waals surface area contributed by atoms with Gasteiger partial charge in [-0.1, -0.05) is 19.8 Å². The van der Waals surface area contributed by atoms with E-state index in [0.717, 1.165) is 26.2 Å². The van der Waals surface area contributed by atoms with Gasteiger partial charge < -0.3 is 5.32 Å². The van der Waals surface area contributed by atoms with Crippen molar-refractivity contribution in [2.75, 3.05) is 26.2 Å². The lowest BCUT2D eigenvalue weighted by Crippen LogP contribution is -2.36. The smallest absolute Gasteiger partial charge is 0.0601 e. The second kappa shape index (κ2) is 10.0. The Morgan fingerprint density at radius 1 is 1.27 bits per heavy atom. The van der Waals surface area contributed by atoms with Crippen LogP contribution in [0.1, 0.15) is 40.0 Å². The standard InChI is InChI=1S/C13H26N2/c1-5-9-14-10-8-13(4)15(11-6-2)12-7-3/h2,13-14H,5,7-12H2,1,3-4H3. The molecule has 0 spiro atoms. The van der Waals surface area contributed by atoms with Crippen LogP contribution in [-0.4, -0.2) is 37.1 Å². The molecule has 2 heteroatoms. The SMILES string of the molecule is C#CCN(CCC)C(C)CCNCCC. The molecule has 15 heavy (non-hydrogen) atoms. The van der Waals surface area contributed by atoms with Gasteiger partial charge in [0.1, 0.15) is 0 Å². The van der Waals surface area contributed by atoms with Gasteiger partial charge in [0.15, 0.2) is 0 Å². The Morgan fingerprint density at radius 2 is 2.00 bits per heavy atom. The monoisotopic (exact) mass is 210 g/mol. The fraction of sp³-hybridized carbons (Fsp3) is 0.846. The fourth-order valence-electron chi connectivity index (χ4n) is 1.66. The van der Waals surface area contributed by atoms with E-state index in [1.165, 1.54) is 19.3 Å². The first-order valence-corrected chi connectivity index (χ1v) is 6.14. The van der Waals surface area contributed by atoms with E-state index in [4.69, 9.17) is 6.42 Å². The van der Waals surface area contributed by atoms with Crippen LogP contribution in [0, 0.1) is 12.3 Å². The van der Waals surface area contributed by atoms with Gasteiger partial charge in [-0.05, 0) is 45.8 Å². The summed E-state index contributed by atoms with van der Waals surface area (Å²) in [5.41, 5.74) is 0. The van der Waals surface area contributed by atoms with Gasteiger partial charge in [-0.15, -0.1) is 6.42 Å². The van der Waals surface area contributed by atoms with E-state index < -0.39 is 0 Å². The van der Waals surface area contributed by atoms with Crippen LogP contribution in [0.15, 0.2) is 0 Å². The predicted molar refractivity (Wildman–Crippen MR) is 67.9 cm³/mol. The summed E-state index contributed by atoms with van der Waals surface area (Å²) < 4.78 is 0. The molecule has 1 atom stereocenters. The Kier molecular flexibility index (Phi) is 9.67. The average molecular weight is 210 g/mol. The number of nitrogens with one attached hydrogen (secondary N) is 1. The first-order valence-electron chi connectivity index (χ1n) is 6.14. The van der Waals surface area contributed by atoms with Crippen LogP contribution in [0.25, 0.3) is 0 Å². The van der Waals surface area contributed by atoms with Crippen LogP contribution >= 0.6 is 0 Å². The van der Waals surface area contributed by atoms with Gasteiger partial charge in [0.25, 0.3) is 0 Å². The third-order valence-electron chi connectivity index (χ3n) is 2.59. The second-order valence-corrected chi connectivity index (χ2v) is 4.06. The second-order valence-electron chi connectivity index (χ2n) is 4.06. The van der Waals surface area contributed by atoms with Gasteiger partial charge in [0.05, 0.1) is 6.54 Å². The van der Waals surface area contributed by atoms with Crippen molar-refractivity contribution in [1.29, 1.82) is 0 Å². The lowest BCUT2D eigenvalue weighted by Gasteiger charge is -2.26. The van der Waals surface area contributed by atoms with E-state index in [2.05, 4.69) is 36.9 Å². The maximum Gasteiger partial charge on any atom is 0.0601 e. The van der Waals surface area contributed by atoms with Gasteiger partial charge >= 0.3 is 0 Å². The number of terminal acetylenes is 1. The number of hydrogen-bond acceptors (Lipinski definition) is 2. The summed E-state index contributed by atoms with van der Waals surface area (Å²) in [5, 5.41) is 3.43. The van der Waals surface area contributed by atoms with E-state index in [1.807, 2.05) is 0 Å².